The molecule has 0 bridgehead atoms. The molecule has 3 heteroatoms. The van der Waals surface area contributed by atoms with Crippen LogP contribution >= 0.6 is 0 Å². The van der Waals surface area contributed by atoms with Crippen molar-refractivity contribution in [1.29, 1.82) is 0 Å². The molecule has 17 heavy (non-hydrogen) atoms. The second-order valence-electron chi connectivity index (χ2n) is 5.04. The first-order valence-corrected chi connectivity index (χ1v) is 5.81. The Morgan fingerprint density at radius 2 is 2.00 bits per heavy atom. The van der Waals surface area contributed by atoms with E-state index in [1.807, 2.05) is 27.7 Å². The summed E-state index contributed by atoms with van der Waals surface area (Å²) >= 11 is 0. The Morgan fingerprint density at radius 3 is 2.47 bits per heavy atom. The maximum atomic E-state index is 13.5. The molecule has 2 nitrogen and oxygen atoms in total. The number of aryl methyl sites for hydroxylation is 1. The SMILES string of the molecule is CCc1ccc(CC(=O)OC(C)(C)C)cc1F. The van der Waals surface area contributed by atoms with Crippen LogP contribution in [0.3, 0.4) is 0 Å². The van der Waals surface area contributed by atoms with Crippen molar-refractivity contribution in [1.82, 2.24) is 0 Å². The predicted octanol–water partition coefficient (Wildman–Crippen LogP) is 3.27. The zero-order valence-electron chi connectivity index (χ0n) is 10.8. The molecular weight excluding hydrogens is 219 g/mol. The fourth-order valence-electron chi connectivity index (χ4n) is 1.53. The molecule has 0 radical (unpaired) electrons. The van der Waals surface area contributed by atoms with E-state index in [0.29, 0.717) is 17.5 Å². The van der Waals surface area contributed by atoms with Gasteiger partial charge in [0.25, 0.3) is 0 Å². The van der Waals surface area contributed by atoms with Crippen LogP contribution in [0.2, 0.25) is 0 Å². The van der Waals surface area contributed by atoms with Crippen LogP contribution in [0.15, 0.2) is 18.2 Å². The van der Waals surface area contributed by atoms with E-state index in [9.17, 15) is 9.18 Å². The molecule has 0 atom stereocenters. The Bertz CT molecular complexity index is 405. The van der Waals surface area contributed by atoms with E-state index < -0.39 is 5.60 Å². The van der Waals surface area contributed by atoms with Crippen molar-refractivity contribution < 1.29 is 13.9 Å². The molecule has 1 aromatic carbocycles. The van der Waals surface area contributed by atoms with Gasteiger partial charge in [-0.1, -0.05) is 19.1 Å². The molecule has 1 rings (SSSR count). The summed E-state index contributed by atoms with van der Waals surface area (Å²) in [6.45, 7) is 7.33. The minimum atomic E-state index is -0.501. The standard InChI is InChI=1S/C14H19FO2/c1-5-11-7-6-10(8-12(11)15)9-13(16)17-14(2,3)4/h6-8H,5,9H2,1-4H3. The first-order valence-electron chi connectivity index (χ1n) is 5.81. The van der Waals surface area contributed by atoms with Gasteiger partial charge in [0.05, 0.1) is 6.42 Å². The third-order valence-corrected chi connectivity index (χ3v) is 2.27. The second kappa shape index (κ2) is 5.30. The molecule has 0 N–H and O–H groups in total. The molecule has 0 spiro atoms. The van der Waals surface area contributed by atoms with Crippen LogP contribution in [0.5, 0.6) is 0 Å². The van der Waals surface area contributed by atoms with E-state index in [1.165, 1.54) is 6.07 Å². The summed E-state index contributed by atoms with van der Waals surface area (Å²) in [4.78, 5) is 11.5. The first kappa shape index (κ1) is 13.7. The van der Waals surface area contributed by atoms with Crippen LogP contribution in [0, 0.1) is 5.82 Å². The number of hydrogen-bond donors (Lipinski definition) is 0. The number of hydrogen-bond acceptors (Lipinski definition) is 2. The fraction of sp³-hybridized carbons (Fsp3) is 0.500. The molecule has 94 valence electrons. The van der Waals surface area contributed by atoms with Gasteiger partial charge in [-0.3, -0.25) is 4.79 Å². The van der Waals surface area contributed by atoms with E-state index >= 15 is 0 Å². The van der Waals surface area contributed by atoms with Gasteiger partial charge in [0, 0.05) is 0 Å². The summed E-state index contributed by atoms with van der Waals surface area (Å²) in [5.74, 6) is -0.588. The molecule has 0 aromatic heterocycles. The summed E-state index contributed by atoms with van der Waals surface area (Å²) in [5, 5.41) is 0. The monoisotopic (exact) mass is 238 g/mol. The van der Waals surface area contributed by atoms with Gasteiger partial charge in [-0.2, -0.15) is 0 Å². The minimum Gasteiger partial charge on any atom is -0.460 e. The fourth-order valence-corrected chi connectivity index (χ4v) is 1.53. The molecule has 0 aliphatic heterocycles. The van der Waals surface area contributed by atoms with Gasteiger partial charge < -0.3 is 4.74 Å². The smallest absolute Gasteiger partial charge is 0.310 e. The second-order valence-corrected chi connectivity index (χ2v) is 5.04. The van der Waals surface area contributed by atoms with Crippen molar-refractivity contribution in [2.24, 2.45) is 0 Å². The molecule has 0 saturated carbocycles. The molecule has 0 aliphatic rings. The maximum absolute atomic E-state index is 13.5. The summed E-state index contributed by atoms with van der Waals surface area (Å²) in [7, 11) is 0. The van der Waals surface area contributed by atoms with Crippen LogP contribution in [0.25, 0.3) is 0 Å². The van der Waals surface area contributed by atoms with Crippen LogP contribution < -0.4 is 0 Å². The average Bonchev–Trinajstić information content (AvgIpc) is 2.14. The number of halogens is 1. The van der Waals surface area contributed by atoms with Crippen LogP contribution in [-0.2, 0) is 22.4 Å². The first-order chi connectivity index (χ1) is 7.81. The summed E-state index contributed by atoms with van der Waals surface area (Å²) < 4.78 is 18.7. The molecular formula is C14H19FO2. The van der Waals surface area contributed by atoms with E-state index in [2.05, 4.69) is 0 Å². The van der Waals surface area contributed by atoms with Crippen molar-refractivity contribution in [2.75, 3.05) is 0 Å². The zero-order valence-corrected chi connectivity index (χ0v) is 10.8. The molecule has 0 heterocycles. The molecule has 0 aliphatic carbocycles. The highest BCUT2D eigenvalue weighted by molar-refractivity contribution is 5.73. The molecule has 0 saturated heterocycles. The Morgan fingerprint density at radius 1 is 1.35 bits per heavy atom. The number of rotatable bonds is 3. The van der Waals surface area contributed by atoms with Crippen molar-refractivity contribution in [2.45, 2.75) is 46.1 Å². The lowest BCUT2D eigenvalue weighted by atomic mass is 10.1. The van der Waals surface area contributed by atoms with Gasteiger partial charge in [-0.05, 0) is 44.4 Å². The van der Waals surface area contributed by atoms with Gasteiger partial charge >= 0.3 is 5.97 Å². The highest BCUT2D eigenvalue weighted by atomic mass is 19.1. The highest BCUT2D eigenvalue weighted by Crippen LogP contribution is 2.14. The topological polar surface area (TPSA) is 26.3 Å². The van der Waals surface area contributed by atoms with Gasteiger partial charge in [0.15, 0.2) is 0 Å². The van der Waals surface area contributed by atoms with E-state index in [-0.39, 0.29) is 18.2 Å². The third kappa shape index (κ3) is 4.55. The van der Waals surface area contributed by atoms with Crippen LogP contribution in [0.4, 0.5) is 4.39 Å². The van der Waals surface area contributed by atoms with E-state index in [0.717, 1.165) is 0 Å². The maximum Gasteiger partial charge on any atom is 0.310 e. The van der Waals surface area contributed by atoms with Crippen molar-refractivity contribution in [3.8, 4) is 0 Å². The normalized spacial score (nSPS) is 11.4. The zero-order chi connectivity index (χ0) is 13.1. The quantitative estimate of drug-likeness (QED) is 0.755. The summed E-state index contributed by atoms with van der Waals surface area (Å²) in [6, 6.07) is 4.89. The number of carbonyl (C=O) groups is 1. The molecule has 0 amide bonds. The average molecular weight is 238 g/mol. The third-order valence-electron chi connectivity index (χ3n) is 2.27. The summed E-state index contributed by atoms with van der Waals surface area (Å²) in [5.41, 5.74) is 0.811. The highest BCUT2D eigenvalue weighted by Gasteiger charge is 2.16. The van der Waals surface area contributed by atoms with Crippen molar-refractivity contribution >= 4 is 5.97 Å². The van der Waals surface area contributed by atoms with Crippen LogP contribution in [-0.4, -0.2) is 11.6 Å². The van der Waals surface area contributed by atoms with Crippen LogP contribution in [0.1, 0.15) is 38.8 Å². The number of esters is 1. The van der Waals surface area contributed by atoms with Crippen molar-refractivity contribution in [3.63, 3.8) is 0 Å². The lowest BCUT2D eigenvalue weighted by Gasteiger charge is -2.19. The summed E-state index contributed by atoms with van der Waals surface area (Å²) in [6.07, 6.45) is 0.761. The largest absolute Gasteiger partial charge is 0.460 e. The number of carbonyl (C=O) groups excluding carboxylic acids is 1. The van der Waals surface area contributed by atoms with Gasteiger partial charge in [-0.25, -0.2) is 4.39 Å². The van der Waals surface area contributed by atoms with E-state index in [4.69, 9.17) is 4.74 Å². The number of benzene rings is 1. The molecule has 0 fully saturated rings. The Balaban J connectivity index is 2.69. The Labute approximate surface area is 102 Å². The Kier molecular flexibility index (Phi) is 4.27. The van der Waals surface area contributed by atoms with Gasteiger partial charge in [0.1, 0.15) is 11.4 Å². The van der Waals surface area contributed by atoms with Gasteiger partial charge in [0.2, 0.25) is 0 Å². The molecule has 0 unspecified atom stereocenters. The predicted molar refractivity (Wildman–Crippen MR) is 65.3 cm³/mol. The lowest BCUT2D eigenvalue weighted by Crippen LogP contribution is -2.24. The molecule has 1 aromatic rings. The number of ether oxygens (including phenoxy) is 1. The van der Waals surface area contributed by atoms with E-state index in [1.54, 1.807) is 12.1 Å². The van der Waals surface area contributed by atoms with Crippen molar-refractivity contribution in [3.05, 3.63) is 35.1 Å². The minimum absolute atomic E-state index is 0.109. The Hall–Kier alpha value is -1.38. The van der Waals surface area contributed by atoms with Gasteiger partial charge in [-0.15, -0.1) is 0 Å². The lowest BCUT2D eigenvalue weighted by molar-refractivity contribution is -0.153.